The molecule has 0 aromatic heterocycles. The third-order valence-electron chi connectivity index (χ3n) is 5.16. The van der Waals surface area contributed by atoms with Crippen LogP contribution in [-0.4, -0.2) is 55.1 Å². The number of rotatable bonds is 5. The third kappa shape index (κ3) is 4.18. The van der Waals surface area contributed by atoms with Crippen LogP contribution in [0, 0.1) is 0 Å². The van der Waals surface area contributed by atoms with E-state index in [-0.39, 0.29) is 12.1 Å². The molecule has 4 rings (SSSR count). The minimum atomic E-state index is -0.158. The Bertz CT molecular complexity index is 808. The number of hydrogen-bond donors (Lipinski definition) is 1. The van der Waals surface area contributed by atoms with Crippen LogP contribution in [-0.2, 0) is 4.74 Å². The summed E-state index contributed by atoms with van der Waals surface area (Å²) in [5.74, 6) is 0.0938. The lowest BCUT2D eigenvalue weighted by Crippen LogP contribution is -2.44. The molecule has 0 unspecified atom stereocenters. The average Bonchev–Trinajstić information content (AvgIpc) is 2.70. The highest BCUT2D eigenvalue weighted by atomic mass is 79.9. The second-order valence-electron chi connectivity index (χ2n) is 6.95. The van der Waals surface area contributed by atoms with Gasteiger partial charge in [0.05, 0.1) is 18.8 Å². The molecule has 1 saturated heterocycles. The summed E-state index contributed by atoms with van der Waals surface area (Å²) in [6, 6.07) is 15.9. The van der Waals surface area contributed by atoms with E-state index in [2.05, 4.69) is 38.3 Å². The molecule has 142 valence electrons. The standard InChI is InChI=1S/C21H24BrN3O2/c22-17-6-3-5-16(15-17)20-23-19-8-2-1-7-18(19)21(26)25(20)10-4-9-24-11-13-27-14-12-24/h1-3,5-8,15,20,23H,4,9-14H2/t20-/m0/s1. The topological polar surface area (TPSA) is 44.8 Å². The van der Waals surface area contributed by atoms with Crippen molar-refractivity contribution in [1.29, 1.82) is 0 Å². The van der Waals surface area contributed by atoms with Crippen molar-refractivity contribution in [3.8, 4) is 0 Å². The summed E-state index contributed by atoms with van der Waals surface area (Å²) in [5, 5.41) is 3.56. The van der Waals surface area contributed by atoms with E-state index in [0.717, 1.165) is 60.6 Å². The van der Waals surface area contributed by atoms with Crippen molar-refractivity contribution in [3.05, 3.63) is 64.1 Å². The molecule has 2 aromatic rings. The second kappa shape index (κ2) is 8.42. The Balaban J connectivity index is 1.54. The van der Waals surface area contributed by atoms with Crippen molar-refractivity contribution < 1.29 is 9.53 Å². The van der Waals surface area contributed by atoms with Gasteiger partial charge in [0.1, 0.15) is 6.17 Å². The highest BCUT2D eigenvalue weighted by molar-refractivity contribution is 9.10. The molecule has 2 heterocycles. The van der Waals surface area contributed by atoms with E-state index in [1.165, 1.54) is 0 Å². The SMILES string of the molecule is O=C1c2ccccc2N[C@H](c2cccc(Br)c2)N1CCCN1CCOCC1. The van der Waals surface area contributed by atoms with E-state index in [4.69, 9.17) is 4.74 Å². The van der Waals surface area contributed by atoms with E-state index < -0.39 is 0 Å². The molecule has 2 aliphatic rings. The van der Waals surface area contributed by atoms with Gasteiger partial charge in [-0.05, 0) is 36.2 Å². The number of para-hydroxylation sites is 1. The largest absolute Gasteiger partial charge is 0.379 e. The molecule has 2 aliphatic heterocycles. The molecule has 5 nitrogen and oxygen atoms in total. The van der Waals surface area contributed by atoms with Gasteiger partial charge in [0.15, 0.2) is 0 Å². The van der Waals surface area contributed by atoms with Crippen LogP contribution in [0.15, 0.2) is 53.0 Å². The van der Waals surface area contributed by atoms with Crippen molar-refractivity contribution in [2.75, 3.05) is 44.7 Å². The Hall–Kier alpha value is -1.89. The van der Waals surface area contributed by atoms with E-state index in [0.29, 0.717) is 6.54 Å². The van der Waals surface area contributed by atoms with Gasteiger partial charge in [-0.1, -0.05) is 40.2 Å². The number of benzene rings is 2. The number of amides is 1. The molecule has 0 saturated carbocycles. The molecule has 27 heavy (non-hydrogen) atoms. The number of carbonyl (C=O) groups is 1. The zero-order valence-corrected chi connectivity index (χ0v) is 16.8. The maximum absolute atomic E-state index is 13.2. The first-order valence-electron chi connectivity index (χ1n) is 9.44. The number of morpholine rings is 1. The van der Waals surface area contributed by atoms with Crippen LogP contribution in [0.2, 0.25) is 0 Å². The van der Waals surface area contributed by atoms with Gasteiger partial charge < -0.3 is 15.0 Å². The van der Waals surface area contributed by atoms with Crippen LogP contribution in [0.25, 0.3) is 0 Å². The minimum Gasteiger partial charge on any atom is -0.379 e. The highest BCUT2D eigenvalue weighted by Gasteiger charge is 2.32. The van der Waals surface area contributed by atoms with Crippen LogP contribution in [0.4, 0.5) is 5.69 Å². The Labute approximate surface area is 168 Å². The molecule has 0 spiro atoms. The lowest BCUT2D eigenvalue weighted by Gasteiger charge is -2.38. The molecule has 1 amide bonds. The van der Waals surface area contributed by atoms with E-state index in [9.17, 15) is 4.79 Å². The quantitative estimate of drug-likeness (QED) is 0.785. The number of halogens is 1. The van der Waals surface area contributed by atoms with Crippen LogP contribution in [0.3, 0.4) is 0 Å². The lowest BCUT2D eigenvalue weighted by atomic mass is 10.0. The van der Waals surface area contributed by atoms with E-state index in [1.807, 2.05) is 41.3 Å². The number of ether oxygens (including phenoxy) is 1. The summed E-state index contributed by atoms with van der Waals surface area (Å²) >= 11 is 3.55. The van der Waals surface area contributed by atoms with Gasteiger partial charge in [-0.25, -0.2) is 0 Å². The number of carbonyl (C=O) groups excluding carboxylic acids is 1. The van der Waals surface area contributed by atoms with Gasteiger partial charge in [-0.2, -0.15) is 0 Å². The summed E-state index contributed by atoms with van der Waals surface area (Å²) in [7, 11) is 0. The molecular weight excluding hydrogens is 406 g/mol. The average molecular weight is 430 g/mol. The van der Waals surface area contributed by atoms with Gasteiger partial charge in [0.2, 0.25) is 0 Å². The number of fused-ring (bicyclic) bond motifs is 1. The Morgan fingerprint density at radius 2 is 1.89 bits per heavy atom. The summed E-state index contributed by atoms with van der Waals surface area (Å²) in [5.41, 5.74) is 2.73. The van der Waals surface area contributed by atoms with Gasteiger partial charge in [0, 0.05) is 36.3 Å². The first-order chi connectivity index (χ1) is 13.2. The smallest absolute Gasteiger partial charge is 0.257 e. The zero-order chi connectivity index (χ0) is 18.6. The van der Waals surface area contributed by atoms with E-state index >= 15 is 0 Å². The van der Waals surface area contributed by atoms with Gasteiger partial charge in [-0.3, -0.25) is 9.69 Å². The fraction of sp³-hybridized carbons (Fsp3) is 0.381. The van der Waals surface area contributed by atoms with Crippen molar-refractivity contribution in [1.82, 2.24) is 9.80 Å². The number of anilines is 1. The molecule has 6 heteroatoms. The molecule has 0 bridgehead atoms. The molecule has 2 aromatic carbocycles. The molecule has 1 N–H and O–H groups in total. The molecular formula is C21H24BrN3O2. The first kappa shape index (κ1) is 18.5. The Kier molecular flexibility index (Phi) is 5.76. The van der Waals surface area contributed by atoms with E-state index in [1.54, 1.807) is 0 Å². The minimum absolute atomic E-state index is 0.0938. The predicted octanol–water partition coefficient (Wildman–Crippen LogP) is 3.74. The maximum Gasteiger partial charge on any atom is 0.257 e. The third-order valence-corrected chi connectivity index (χ3v) is 5.66. The summed E-state index contributed by atoms with van der Waals surface area (Å²) in [4.78, 5) is 17.6. The fourth-order valence-corrected chi connectivity index (χ4v) is 4.17. The molecule has 1 fully saturated rings. The lowest BCUT2D eigenvalue weighted by molar-refractivity contribution is 0.0348. The van der Waals surface area contributed by atoms with Crippen LogP contribution >= 0.6 is 15.9 Å². The Morgan fingerprint density at radius 3 is 2.70 bits per heavy atom. The number of nitrogens with zero attached hydrogens (tertiary/aromatic N) is 2. The van der Waals surface area contributed by atoms with Crippen molar-refractivity contribution in [3.63, 3.8) is 0 Å². The summed E-state index contributed by atoms with van der Waals surface area (Å²) < 4.78 is 6.43. The summed E-state index contributed by atoms with van der Waals surface area (Å²) in [6.45, 7) is 5.26. The fourth-order valence-electron chi connectivity index (χ4n) is 3.75. The Morgan fingerprint density at radius 1 is 1.07 bits per heavy atom. The van der Waals surface area contributed by atoms with Gasteiger partial charge in [0.25, 0.3) is 5.91 Å². The number of nitrogens with one attached hydrogen (secondary N) is 1. The highest BCUT2D eigenvalue weighted by Crippen LogP contribution is 2.33. The van der Waals surface area contributed by atoms with Crippen molar-refractivity contribution in [2.45, 2.75) is 12.6 Å². The van der Waals surface area contributed by atoms with Crippen LogP contribution in [0.1, 0.15) is 28.5 Å². The monoisotopic (exact) mass is 429 g/mol. The van der Waals surface area contributed by atoms with Gasteiger partial charge in [-0.15, -0.1) is 0 Å². The molecule has 0 aliphatic carbocycles. The van der Waals surface area contributed by atoms with Crippen molar-refractivity contribution in [2.24, 2.45) is 0 Å². The summed E-state index contributed by atoms with van der Waals surface area (Å²) in [6.07, 6.45) is 0.787. The predicted molar refractivity (Wildman–Crippen MR) is 110 cm³/mol. The van der Waals surface area contributed by atoms with Crippen LogP contribution < -0.4 is 5.32 Å². The zero-order valence-electron chi connectivity index (χ0n) is 15.2. The van der Waals surface area contributed by atoms with Gasteiger partial charge >= 0.3 is 0 Å². The maximum atomic E-state index is 13.2. The molecule has 1 atom stereocenters. The first-order valence-corrected chi connectivity index (χ1v) is 10.2. The number of hydrogen-bond acceptors (Lipinski definition) is 4. The normalized spacial score (nSPS) is 20.3. The molecule has 0 radical (unpaired) electrons. The van der Waals surface area contributed by atoms with Crippen molar-refractivity contribution >= 4 is 27.5 Å². The van der Waals surface area contributed by atoms with Crippen LogP contribution in [0.5, 0.6) is 0 Å². The second-order valence-corrected chi connectivity index (χ2v) is 7.87.